The molecule has 2 atom stereocenters. The van der Waals surface area contributed by atoms with Crippen LogP contribution in [0, 0.1) is 5.92 Å². The molecule has 1 heterocycles. The summed E-state index contributed by atoms with van der Waals surface area (Å²) in [4.78, 5) is 0. The van der Waals surface area contributed by atoms with Crippen molar-refractivity contribution in [2.75, 3.05) is 33.2 Å². The Morgan fingerprint density at radius 3 is 2.43 bits per heavy atom. The van der Waals surface area contributed by atoms with E-state index in [-0.39, 0.29) is 0 Å². The number of ether oxygens (including phenoxy) is 3. The van der Waals surface area contributed by atoms with Crippen LogP contribution in [0.2, 0.25) is 0 Å². The fourth-order valence-electron chi connectivity index (χ4n) is 4.00. The van der Waals surface area contributed by atoms with Crippen LogP contribution in [0.5, 0.6) is 17.2 Å². The molecule has 0 radical (unpaired) electrons. The van der Waals surface area contributed by atoms with Gasteiger partial charge in [0.15, 0.2) is 11.5 Å². The minimum absolute atomic E-state index is 0.409. The number of benzene rings is 2. The Morgan fingerprint density at radius 1 is 0.913 bits per heavy atom. The zero-order chi connectivity index (χ0) is 16.0. The molecule has 2 aromatic carbocycles. The van der Waals surface area contributed by atoms with Crippen LogP contribution in [0.1, 0.15) is 22.6 Å². The molecule has 0 amide bonds. The average molecular weight is 311 g/mol. The van der Waals surface area contributed by atoms with Gasteiger partial charge in [-0.1, -0.05) is 6.07 Å². The third kappa shape index (κ3) is 2.12. The van der Waals surface area contributed by atoms with Gasteiger partial charge in [-0.25, -0.2) is 0 Å². The van der Waals surface area contributed by atoms with Crippen molar-refractivity contribution in [2.24, 2.45) is 5.92 Å². The Bertz CT molecular complexity index is 757. The molecule has 1 aliphatic heterocycles. The van der Waals surface area contributed by atoms with Crippen LogP contribution in [0.3, 0.4) is 0 Å². The van der Waals surface area contributed by atoms with E-state index in [4.69, 9.17) is 14.2 Å². The molecule has 0 spiro atoms. The molecule has 0 saturated heterocycles. The van der Waals surface area contributed by atoms with Crippen LogP contribution >= 0.6 is 0 Å². The van der Waals surface area contributed by atoms with Crippen LogP contribution in [0.25, 0.3) is 0 Å². The number of methoxy groups -OCH3 is 3. The lowest BCUT2D eigenvalue weighted by Crippen LogP contribution is -2.25. The minimum Gasteiger partial charge on any atom is -0.497 e. The largest absolute Gasteiger partial charge is 0.497 e. The van der Waals surface area contributed by atoms with Crippen LogP contribution in [0.4, 0.5) is 5.69 Å². The summed E-state index contributed by atoms with van der Waals surface area (Å²) in [6, 6.07) is 10.6. The first kappa shape index (κ1) is 14.2. The Morgan fingerprint density at radius 2 is 1.70 bits per heavy atom. The fourth-order valence-corrected chi connectivity index (χ4v) is 4.00. The molecule has 23 heavy (non-hydrogen) atoms. The van der Waals surface area contributed by atoms with E-state index in [9.17, 15) is 0 Å². The average Bonchev–Trinajstić information content (AvgIpc) is 2.97. The molecular formula is C19H21NO3. The monoisotopic (exact) mass is 311 g/mol. The molecule has 1 aliphatic carbocycles. The number of fused-ring (bicyclic) bond motifs is 5. The van der Waals surface area contributed by atoms with Crippen molar-refractivity contribution in [3.63, 3.8) is 0 Å². The van der Waals surface area contributed by atoms with Crippen molar-refractivity contribution in [3.05, 3.63) is 47.0 Å². The van der Waals surface area contributed by atoms with Crippen molar-refractivity contribution < 1.29 is 14.2 Å². The lowest BCUT2D eigenvalue weighted by atomic mass is 9.82. The van der Waals surface area contributed by atoms with Crippen molar-refractivity contribution in [3.8, 4) is 17.2 Å². The third-order valence-corrected chi connectivity index (χ3v) is 5.08. The maximum absolute atomic E-state index is 5.51. The first-order chi connectivity index (χ1) is 11.2. The standard InChI is InChI=1S/C19H21NO3/c1-21-13-4-5-14-16(8-13)20-10-12-6-11-7-17(22-2)18(23-3)9-15(11)19(12)14/h4-5,7-9,12,19-20H,6,10H2,1-3H3/t12-,19-/m0/s1. The molecular weight excluding hydrogens is 290 g/mol. The Labute approximate surface area is 136 Å². The highest BCUT2D eigenvalue weighted by Gasteiger charge is 2.38. The SMILES string of the molecule is COc1ccc2c(c1)NC[C@@H]1Cc3cc(OC)c(OC)cc3[C@H]21. The molecule has 1 N–H and O–H groups in total. The van der Waals surface area contributed by atoms with E-state index in [2.05, 4.69) is 29.6 Å². The molecule has 0 unspecified atom stereocenters. The number of nitrogens with one attached hydrogen (secondary N) is 1. The molecule has 4 rings (SSSR count). The highest BCUT2D eigenvalue weighted by atomic mass is 16.5. The van der Waals surface area contributed by atoms with Crippen molar-refractivity contribution >= 4 is 5.69 Å². The van der Waals surface area contributed by atoms with E-state index in [1.165, 1.54) is 22.4 Å². The fraction of sp³-hybridized carbons (Fsp3) is 0.368. The summed E-state index contributed by atoms with van der Waals surface area (Å²) in [6.07, 6.45) is 1.07. The predicted octanol–water partition coefficient (Wildman–Crippen LogP) is 3.44. The molecule has 4 nitrogen and oxygen atoms in total. The Hall–Kier alpha value is -2.36. The second kappa shape index (κ2) is 5.37. The van der Waals surface area contributed by atoms with E-state index in [0.29, 0.717) is 11.8 Å². The molecule has 0 aromatic heterocycles. The van der Waals surface area contributed by atoms with E-state index >= 15 is 0 Å². The van der Waals surface area contributed by atoms with Gasteiger partial charge in [0.2, 0.25) is 0 Å². The molecule has 0 saturated carbocycles. The first-order valence-corrected chi connectivity index (χ1v) is 7.91. The molecule has 0 bridgehead atoms. The van der Waals surface area contributed by atoms with E-state index in [0.717, 1.165) is 30.2 Å². The summed E-state index contributed by atoms with van der Waals surface area (Å²) in [6.45, 7) is 0.976. The number of hydrogen-bond donors (Lipinski definition) is 1. The van der Waals surface area contributed by atoms with Gasteiger partial charge in [0, 0.05) is 24.2 Å². The lowest BCUT2D eigenvalue weighted by Gasteiger charge is -2.30. The molecule has 2 aliphatic rings. The summed E-state index contributed by atoms with van der Waals surface area (Å²) in [5.74, 6) is 3.49. The van der Waals surface area contributed by atoms with Gasteiger partial charge in [0.1, 0.15) is 5.75 Å². The van der Waals surface area contributed by atoms with Gasteiger partial charge in [-0.3, -0.25) is 0 Å². The van der Waals surface area contributed by atoms with Crippen molar-refractivity contribution in [1.29, 1.82) is 0 Å². The Balaban J connectivity index is 1.83. The van der Waals surface area contributed by atoms with Gasteiger partial charge in [-0.15, -0.1) is 0 Å². The summed E-state index contributed by atoms with van der Waals surface area (Å²) in [5, 5.41) is 3.56. The van der Waals surface area contributed by atoms with Crippen molar-refractivity contribution in [2.45, 2.75) is 12.3 Å². The van der Waals surface area contributed by atoms with Gasteiger partial charge in [-0.2, -0.15) is 0 Å². The zero-order valence-corrected chi connectivity index (χ0v) is 13.7. The molecule has 2 aromatic rings. The predicted molar refractivity (Wildman–Crippen MR) is 90.1 cm³/mol. The highest BCUT2D eigenvalue weighted by molar-refractivity contribution is 5.64. The normalized spacial score (nSPS) is 20.8. The van der Waals surface area contributed by atoms with Gasteiger partial charge in [0.25, 0.3) is 0 Å². The first-order valence-electron chi connectivity index (χ1n) is 7.91. The smallest absolute Gasteiger partial charge is 0.161 e. The molecule has 4 heteroatoms. The maximum Gasteiger partial charge on any atom is 0.161 e. The van der Waals surface area contributed by atoms with Gasteiger partial charge < -0.3 is 19.5 Å². The second-order valence-electron chi connectivity index (χ2n) is 6.18. The van der Waals surface area contributed by atoms with E-state index < -0.39 is 0 Å². The summed E-state index contributed by atoms with van der Waals surface area (Å²) >= 11 is 0. The molecule has 0 fully saturated rings. The minimum atomic E-state index is 0.409. The maximum atomic E-state index is 5.51. The quantitative estimate of drug-likeness (QED) is 0.942. The number of rotatable bonds is 3. The van der Waals surface area contributed by atoms with Crippen LogP contribution in [-0.4, -0.2) is 27.9 Å². The van der Waals surface area contributed by atoms with Gasteiger partial charge in [0.05, 0.1) is 21.3 Å². The number of anilines is 1. The van der Waals surface area contributed by atoms with E-state index in [1.54, 1.807) is 21.3 Å². The van der Waals surface area contributed by atoms with Crippen molar-refractivity contribution in [1.82, 2.24) is 0 Å². The second-order valence-corrected chi connectivity index (χ2v) is 6.18. The summed E-state index contributed by atoms with van der Waals surface area (Å²) in [7, 11) is 5.09. The lowest BCUT2D eigenvalue weighted by molar-refractivity contribution is 0.354. The van der Waals surface area contributed by atoms with E-state index in [1.807, 2.05) is 6.07 Å². The zero-order valence-electron chi connectivity index (χ0n) is 13.7. The van der Waals surface area contributed by atoms with Gasteiger partial charge in [-0.05, 0) is 47.2 Å². The van der Waals surface area contributed by atoms with Crippen LogP contribution in [-0.2, 0) is 6.42 Å². The van der Waals surface area contributed by atoms with Gasteiger partial charge >= 0.3 is 0 Å². The van der Waals surface area contributed by atoms with Crippen LogP contribution < -0.4 is 19.5 Å². The third-order valence-electron chi connectivity index (χ3n) is 5.08. The summed E-state index contributed by atoms with van der Waals surface area (Å²) in [5.41, 5.74) is 5.24. The van der Waals surface area contributed by atoms with Crippen LogP contribution in [0.15, 0.2) is 30.3 Å². The highest BCUT2D eigenvalue weighted by Crippen LogP contribution is 2.50. The topological polar surface area (TPSA) is 39.7 Å². The molecule has 120 valence electrons. The summed E-state index contributed by atoms with van der Waals surface area (Å²) < 4.78 is 16.3. The Kier molecular flexibility index (Phi) is 3.33. The number of hydrogen-bond acceptors (Lipinski definition) is 4.